The van der Waals surface area contributed by atoms with Gasteiger partial charge in [0.2, 0.25) is 6.41 Å². The van der Waals surface area contributed by atoms with E-state index < -0.39 is 27.2 Å². The van der Waals surface area contributed by atoms with Crippen LogP contribution in [0.5, 0.6) is 5.75 Å². The van der Waals surface area contributed by atoms with Crippen LogP contribution in [0.15, 0.2) is 46.1 Å². The molecule has 0 aliphatic heterocycles. The predicted molar refractivity (Wildman–Crippen MR) is 108 cm³/mol. The van der Waals surface area contributed by atoms with E-state index in [2.05, 4.69) is 11.1 Å². The summed E-state index contributed by atoms with van der Waals surface area (Å²) in [4.78, 5) is 19.5. The fourth-order valence-corrected chi connectivity index (χ4v) is 3.73. The van der Waals surface area contributed by atoms with Crippen LogP contribution >= 0.6 is 0 Å². The fourth-order valence-electron chi connectivity index (χ4n) is 2.50. The molecule has 10 heteroatoms. The molecule has 0 saturated heterocycles. The molecule has 0 bridgehead atoms. The Morgan fingerprint density at radius 2 is 1.93 bits per heavy atom. The van der Waals surface area contributed by atoms with Crippen LogP contribution in [0.2, 0.25) is 0 Å². The molecule has 0 radical (unpaired) electrons. The molecule has 0 unspecified atom stereocenters. The minimum Gasteiger partial charge on any atom is -0.492 e. The maximum atomic E-state index is 12.7. The van der Waals surface area contributed by atoms with Gasteiger partial charge in [0.1, 0.15) is 16.5 Å². The number of nitrogens with one attached hydrogen (secondary N) is 1. The van der Waals surface area contributed by atoms with Crippen molar-refractivity contribution >= 4 is 22.3 Å². The molecule has 0 atom stereocenters. The molecule has 0 saturated carbocycles. The van der Waals surface area contributed by atoms with E-state index in [9.17, 15) is 13.2 Å². The first-order valence-corrected chi connectivity index (χ1v) is 10.5. The number of benzene rings is 1. The number of furan rings is 1. The first-order chi connectivity index (χ1) is 13.6. The highest BCUT2D eigenvalue weighted by Gasteiger charge is 2.28. The van der Waals surface area contributed by atoms with Gasteiger partial charge in [-0.25, -0.2) is 13.2 Å². The van der Waals surface area contributed by atoms with Gasteiger partial charge in [0.15, 0.2) is 9.84 Å². The van der Waals surface area contributed by atoms with Crippen molar-refractivity contribution in [3.05, 3.63) is 47.9 Å². The number of sulfone groups is 1. The molecular weight excluding hydrogens is 398 g/mol. The Balaban J connectivity index is 0.00000132. The Hall–Kier alpha value is -3.01. The SMILES string of the molecule is CCCOc1ccc(C(C)(C)c2ccoc2)cc1S(=O)(=O)CNC(N)=O.NC=O. The van der Waals surface area contributed by atoms with Crippen LogP contribution in [0.1, 0.15) is 38.3 Å². The van der Waals surface area contributed by atoms with Gasteiger partial charge in [-0.1, -0.05) is 26.8 Å². The van der Waals surface area contributed by atoms with E-state index in [0.717, 1.165) is 17.5 Å². The number of carbonyl (C=O) groups is 2. The number of hydrogen-bond donors (Lipinski definition) is 3. The number of rotatable bonds is 8. The van der Waals surface area contributed by atoms with Gasteiger partial charge in [0.05, 0.1) is 19.1 Å². The lowest BCUT2D eigenvalue weighted by Gasteiger charge is -2.25. The van der Waals surface area contributed by atoms with Crippen LogP contribution in [0.3, 0.4) is 0 Å². The predicted octanol–water partition coefficient (Wildman–Crippen LogP) is 1.90. The maximum absolute atomic E-state index is 12.7. The molecule has 5 N–H and O–H groups in total. The van der Waals surface area contributed by atoms with Gasteiger partial charge in [0.25, 0.3) is 0 Å². The summed E-state index contributed by atoms with van der Waals surface area (Å²) in [5.41, 5.74) is 10.4. The van der Waals surface area contributed by atoms with Crippen molar-refractivity contribution in [2.24, 2.45) is 11.5 Å². The standard InChI is InChI=1S/C18H24N2O5S.CH3NO/c1-4-8-25-15-6-5-13(18(2,3)14-7-9-24-11-14)10-16(15)26(22,23)12-20-17(19)21;2-1-3/h5-7,9-11H,4,8,12H2,1-3H3,(H3,19,20,21);1H,(H2,2,3). The second-order valence-electron chi connectivity index (χ2n) is 6.58. The molecule has 0 spiro atoms. The maximum Gasteiger partial charge on any atom is 0.313 e. The van der Waals surface area contributed by atoms with Crippen LogP contribution in [-0.4, -0.2) is 33.3 Å². The van der Waals surface area contributed by atoms with Crippen molar-refractivity contribution in [2.45, 2.75) is 37.5 Å². The Kier molecular flexibility index (Phi) is 8.71. The third-order valence-electron chi connectivity index (χ3n) is 4.14. The number of primary amides is 2. The molecule has 1 heterocycles. The van der Waals surface area contributed by atoms with E-state index in [1.54, 1.807) is 24.7 Å². The molecule has 29 heavy (non-hydrogen) atoms. The highest BCUT2D eigenvalue weighted by molar-refractivity contribution is 7.91. The molecule has 1 aromatic carbocycles. The Morgan fingerprint density at radius 1 is 1.28 bits per heavy atom. The zero-order chi connectivity index (χ0) is 22.1. The third-order valence-corrected chi connectivity index (χ3v) is 5.65. The molecule has 0 aliphatic rings. The van der Waals surface area contributed by atoms with Gasteiger partial charge in [-0.2, -0.15) is 0 Å². The van der Waals surface area contributed by atoms with Crippen LogP contribution in [0, 0.1) is 0 Å². The number of carbonyl (C=O) groups excluding carboxylic acids is 2. The number of nitrogens with two attached hydrogens (primary N) is 2. The summed E-state index contributed by atoms with van der Waals surface area (Å²) in [6.45, 7) is 6.26. The summed E-state index contributed by atoms with van der Waals surface area (Å²) in [6, 6.07) is 5.99. The van der Waals surface area contributed by atoms with Crippen LogP contribution in [0.4, 0.5) is 4.79 Å². The summed E-state index contributed by atoms with van der Waals surface area (Å²) >= 11 is 0. The molecule has 0 aliphatic carbocycles. The Morgan fingerprint density at radius 3 is 2.45 bits per heavy atom. The summed E-state index contributed by atoms with van der Waals surface area (Å²) < 4.78 is 36.2. The normalized spacial score (nSPS) is 11.1. The highest BCUT2D eigenvalue weighted by atomic mass is 32.2. The van der Waals surface area contributed by atoms with Crippen molar-refractivity contribution in [2.75, 3.05) is 12.5 Å². The quantitative estimate of drug-likeness (QED) is 0.549. The van der Waals surface area contributed by atoms with Crippen molar-refractivity contribution in [3.63, 3.8) is 0 Å². The molecule has 9 nitrogen and oxygen atoms in total. The van der Waals surface area contributed by atoms with Gasteiger partial charge in [-0.3, -0.25) is 4.79 Å². The Labute approximate surface area is 170 Å². The molecule has 1 aromatic heterocycles. The van der Waals surface area contributed by atoms with Crippen LogP contribution in [-0.2, 0) is 20.0 Å². The number of hydrogen-bond acceptors (Lipinski definition) is 6. The molecule has 160 valence electrons. The topological polar surface area (TPSA) is 155 Å². The summed E-state index contributed by atoms with van der Waals surface area (Å²) in [7, 11) is -3.83. The van der Waals surface area contributed by atoms with E-state index in [0.29, 0.717) is 6.61 Å². The lowest BCUT2D eigenvalue weighted by molar-refractivity contribution is -0.106. The van der Waals surface area contributed by atoms with E-state index in [1.165, 1.54) is 0 Å². The molecule has 3 amide bonds. The first-order valence-electron chi connectivity index (χ1n) is 8.81. The molecule has 0 fully saturated rings. The van der Waals surface area contributed by atoms with Crippen LogP contribution in [0.25, 0.3) is 0 Å². The first kappa shape index (κ1) is 24.0. The average Bonchev–Trinajstić information content (AvgIpc) is 3.21. The highest BCUT2D eigenvalue weighted by Crippen LogP contribution is 2.36. The lowest BCUT2D eigenvalue weighted by atomic mass is 9.79. The molecule has 2 aromatic rings. The van der Waals surface area contributed by atoms with Gasteiger partial charge < -0.3 is 25.9 Å². The van der Waals surface area contributed by atoms with E-state index in [1.807, 2.05) is 32.9 Å². The monoisotopic (exact) mass is 425 g/mol. The van der Waals surface area contributed by atoms with Gasteiger partial charge in [-0.05, 0) is 30.2 Å². The zero-order valence-electron chi connectivity index (χ0n) is 16.7. The molecule has 2 rings (SSSR count). The second-order valence-corrected chi connectivity index (χ2v) is 8.54. The fraction of sp³-hybridized carbons (Fsp3) is 0.368. The van der Waals surface area contributed by atoms with E-state index in [4.69, 9.17) is 19.7 Å². The van der Waals surface area contributed by atoms with E-state index >= 15 is 0 Å². The minimum atomic E-state index is -3.83. The third kappa shape index (κ3) is 6.53. The van der Waals surface area contributed by atoms with Crippen LogP contribution < -0.4 is 21.5 Å². The largest absolute Gasteiger partial charge is 0.492 e. The van der Waals surface area contributed by atoms with Crippen molar-refractivity contribution in [1.29, 1.82) is 0 Å². The van der Waals surface area contributed by atoms with E-state index in [-0.39, 0.29) is 17.1 Å². The molecular formula is C19H27N3O6S. The average molecular weight is 426 g/mol. The summed E-state index contributed by atoms with van der Waals surface area (Å²) in [5.74, 6) is -0.342. The number of urea groups is 1. The summed E-state index contributed by atoms with van der Waals surface area (Å²) in [5, 5.41) is 2.13. The number of ether oxygens (including phenoxy) is 1. The van der Waals surface area contributed by atoms with Gasteiger partial charge >= 0.3 is 6.03 Å². The zero-order valence-corrected chi connectivity index (χ0v) is 17.5. The minimum absolute atomic E-state index is 0.0220. The summed E-state index contributed by atoms with van der Waals surface area (Å²) in [6.07, 6.45) is 4.19. The van der Waals surface area contributed by atoms with Gasteiger partial charge in [0, 0.05) is 11.0 Å². The second kappa shape index (κ2) is 10.5. The van der Waals surface area contributed by atoms with Crippen molar-refractivity contribution in [1.82, 2.24) is 5.32 Å². The Bertz CT molecular complexity index is 908. The van der Waals surface area contributed by atoms with Crippen molar-refractivity contribution < 1.29 is 27.2 Å². The smallest absolute Gasteiger partial charge is 0.313 e. The van der Waals surface area contributed by atoms with Crippen molar-refractivity contribution in [3.8, 4) is 5.75 Å². The van der Waals surface area contributed by atoms with Gasteiger partial charge in [-0.15, -0.1) is 0 Å². The lowest BCUT2D eigenvalue weighted by Crippen LogP contribution is -2.34. The number of amides is 3.